The fourth-order valence-electron chi connectivity index (χ4n) is 4.41. The highest BCUT2D eigenvalue weighted by molar-refractivity contribution is 7.89. The SMILES string of the molecule is Cc1ccc(S(=O)(=O)NCCC(Oc2ccccc2)(C(=O)O)C2CCCC(C(N)=O)C2)cc1. The molecule has 0 aliphatic heterocycles. The molecule has 1 amide bonds. The normalized spacial score (nSPS) is 20.5. The van der Waals surface area contributed by atoms with Crippen LogP contribution in [-0.4, -0.2) is 37.5 Å². The maximum Gasteiger partial charge on any atom is 0.348 e. The molecule has 1 saturated carbocycles. The molecule has 3 atom stereocenters. The fourth-order valence-corrected chi connectivity index (χ4v) is 5.44. The lowest BCUT2D eigenvalue weighted by atomic mass is 9.71. The molecule has 0 saturated heterocycles. The zero-order chi connectivity index (χ0) is 24.1. The molecular weight excluding hydrogens is 444 g/mol. The van der Waals surface area contributed by atoms with Crippen molar-refractivity contribution in [2.24, 2.45) is 17.6 Å². The number of carboxylic acids is 1. The van der Waals surface area contributed by atoms with Crippen molar-refractivity contribution < 1.29 is 27.9 Å². The number of amides is 1. The summed E-state index contributed by atoms with van der Waals surface area (Å²) in [6.07, 6.45) is 1.94. The van der Waals surface area contributed by atoms with Crippen molar-refractivity contribution in [1.82, 2.24) is 4.72 Å². The number of hydrogen-bond donors (Lipinski definition) is 3. The molecule has 2 aromatic carbocycles. The van der Waals surface area contributed by atoms with Crippen LogP contribution in [0.15, 0.2) is 59.5 Å². The number of carbonyl (C=O) groups is 2. The molecule has 1 aliphatic rings. The van der Waals surface area contributed by atoms with E-state index in [0.717, 1.165) is 5.56 Å². The van der Waals surface area contributed by atoms with Gasteiger partial charge in [-0.3, -0.25) is 4.79 Å². The zero-order valence-electron chi connectivity index (χ0n) is 18.6. The van der Waals surface area contributed by atoms with Crippen LogP contribution in [-0.2, 0) is 19.6 Å². The maximum atomic E-state index is 12.7. The van der Waals surface area contributed by atoms with E-state index in [0.29, 0.717) is 25.0 Å². The van der Waals surface area contributed by atoms with Crippen LogP contribution in [0.3, 0.4) is 0 Å². The summed E-state index contributed by atoms with van der Waals surface area (Å²) in [5.74, 6) is -2.24. The standard InChI is InChI=1S/C24H30N2O6S/c1-17-10-12-21(13-11-17)33(30,31)26-15-14-24(23(28)29,32-20-8-3-2-4-9-20)19-7-5-6-18(16-19)22(25)27/h2-4,8-13,18-19,26H,5-7,14-16H2,1H3,(H2,25,27)(H,28,29). The van der Waals surface area contributed by atoms with Gasteiger partial charge in [-0.05, 0) is 50.5 Å². The van der Waals surface area contributed by atoms with E-state index in [1.807, 2.05) is 6.92 Å². The van der Waals surface area contributed by atoms with Crippen molar-refractivity contribution in [2.75, 3.05) is 6.54 Å². The topological polar surface area (TPSA) is 136 Å². The number of nitrogens with two attached hydrogens (primary N) is 1. The Balaban J connectivity index is 1.86. The minimum Gasteiger partial charge on any atom is -0.478 e. The Labute approximate surface area is 194 Å². The predicted molar refractivity (Wildman–Crippen MR) is 123 cm³/mol. The number of hydrogen-bond acceptors (Lipinski definition) is 5. The summed E-state index contributed by atoms with van der Waals surface area (Å²) in [6.45, 7) is 1.71. The Morgan fingerprint density at radius 2 is 1.79 bits per heavy atom. The van der Waals surface area contributed by atoms with E-state index in [2.05, 4.69) is 4.72 Å². The van der Waals surface area contributed by atoms with Crippen LogP contribution in [0, 0.1) is 18.8 Å². The summed E-state index contributed by atoms with van der Waals surface area (Å²) in [6, 6.07) is 15.0. The van der Waals surface area contributed by atoms with Crippen molar-refractivity contribution in [3.8, 4) is 5.75 Å². The molecule has 178 valence electrons. The first-order valence-corrected chi connectivity index (χ1v) is 12.5. The van der Waals surface area contributed by atoms with Crippen molar-refractivity contribution >= 4 is 21.9 Å². The molecule has 0 bridgehead atoms. The third kappa shape index (κ3) is 5.91. The van der Waals surface area contributed by atoms with Gasteiger partial charge in [0, 0.05) is 24.8 Å². The van der Waals surface area contributed by atoms with E-state index in [9.17, 15) is 23.1 Å². The maximum absolute atomic E-state index is 12.7. The highest BCUT2D eigenvalue weighted by Gasteiger charge is 2.50. The predicted octanol–water partition coefficient (Wildman–Crippen LogP) is 2.86. The first kappa shape index (κ1) is 24.7. The smallest absolute Gasteiger partial charge is 0.348 e. The summed E-state index contributed by atoms with van der Waals surface area (Å²) in [7, 11) is -3.83. The fraction of sp³-hybridized carbons (Fsp3) is 0.417. The van der Waals surface area contributed by atoms with Gasteiger partial charge in [-0.25, -0.2) is 17.9 Å². The summed E-state index contributed by atoms with van der Waals surface area (Å²) in [5.41, 5.74) is 4.72. The number of aryl methyl sites for hydroxylation is 1. The van der Waals surface area contributed by atoms with Gasteiger partial charge in [0.2, 0.25) is 21.5 Å². The minimum atomic E-state index is -3.83. The number of para-hydroxylation sites is 1. The lowest BCUT2D eigenvalue weighted by Crippen LogP contribution is -2.54. The monoisotopic (exact) mass is 474 g/mol. The Bertz CT molecular complexity index is 1070. The molecule has 9 heteroatoms. The first-order valence-electron chi connectivity index (χ1n) is 11.0. The molecule has 33 heavy (non-hydrogen) atoms. The van der Waals surface area contributed by atoms with Gasteiger partial charge < -0.3 is 15.6 Å². The van der Waals surface area contributed by atoms with Gasteiger partial charge in [0.25, 0.3) is 0 Å². The summed E-state index contributed by atoms with van der Waals surface area (Å²) in [5, 5.41) is 10.3. The van der Waals surface area contributed by atoms with E-state index in [4.69, 9.17) is 10.5 Å². The van der Waals surface area contributed by atoms with Gasteiger partial charge in [-0.2, -0.15) is 0 Å². The first-order chi connectivity index (χ1) is 15.6. The van der Waals surface area contributed by atoms with Crippen LogP contribution in [0.2, 0.25) is 0 Å². The van der Waals surface area contributed by atoms with Crippen LogP contribution in [0.25, 0.3) is 0 Å². The van der Waals surface area contributed by atoms with E-state index in [1.165, 1.54) is 12.1 Å². The Morgan fingerprint density at radius 3 is 2.39 bits per heavy atom. The van der Waals surface area contributed by atoms with Gasteiger partial charge in [0.15, 0.2) is 0 Å². The van der Waals surface area contributed by atoms with Crippen molar-refractivity contribution in [3.05, 3.63) is 60.2 Å². The molecule has 0 aromatic heterocycles. The van der Waals surface area contributed by atoms with Crippen LogP contribution in [0.1, 0.15) is 37.7 Å². The van der Waals surface area contributed by atoms with E-state index in [-0.39, 0.29) is 24.3 Å². The van der Waals surface area contributed by atoms with Gasteiger partial charge in [-0.15, -0.1) is 0 Å². The Morgan fingerprint density at radius 1 is 1.12 bits per heavy atom. The highest BCUT2D eigenvalue weighted by Crippen LogP contribution is 2.40. The average Bonchev–Trinajstić information content (AvgIpc) is 2.79. The quantitative estimate of drug-likeness (QED) is 0.484. The second-order valence-corrected chi connectivity index (χ2v) is 10.3. The minimum absolute atomic E-state index is 0.101. The number of nitrogens with one attached hydrogen (secondary N) is 1. The Kier molecular flexibility index (Phi) is 7.76. The van der Waals surface area contributed by atoms with Crippen molar-refractivity contribution in [2.45, 2.75) is 49.5 Å². The van der Waals surface area contributed by atoms with Crippen LogP contribution < -0.4 is 15.2 Å². The molecule has 4 N–H and O–H groups in total. The third-order valence-corrected chi connectivity index (χ3v) is 7.74. The molecule has 0 spiro atoms. The van der Waals surface area contributed by atoms with Crippen LogP contribution >= 0.6 is 0 Å². The second kappa shape index (κ2) is 10.4. The highest BCUT2D eigenvalue weighted by atomic mass is 32.2. The molecule has 3 unspecified atom stereocenters. The number of rotatable bonds is 10. The lowest BCUT2D eigenvalue weighted by molar-refractivity contribution is -0.164. The summed E-state index contributed by atoms with van der Waals surface area (Å²) >= 11 is 0. The molecule has 1 fully saturated rings. The van der Waals surface area contributed by atoms with Gasteiger partial charge in [0.05, 0.1) is 4.90 Å². The van der Waals surface area contributed by atoms with Crippen molar-refractivity contribution in [1.29, 1.82) is 0 Å². The molecule has 1 aliphatic carbocycles. The molecule has 2 aromatic rings. The van der Waals surface area contributed by atoms with E-state index in [1.54, 1.807) is 42.5 Å². The lowest BCUT2D eigenvalue weighted by Gasteiger charge is -2.41. The van der Waals surface area contributed by atoms with Crippen molar-refractivity contribution in [3.63, 3.8) is 0 Å². The van der Waals surface area contributed by atoms with E-state index >= 15 is 0 Å². The molecular formula is C24H30N2O6S. The zero-order valence-corrected chi connectivity index (χ0v) is 19.4. The number of primary amides is 1. The van der Waals surface area contributed by atoms with Crippen LogP contribution in [0.5, 0.6) is 5.75 Å². The second-order valence-electron chi connectivity index (χ2n) is 8.53. The number of sulfonamides is 1. The molecule has 0 radical (unpaired) electrons. The number of carboxylic acid groups (broad SMARTS) is 1. The Hall–Kier alpha value is -2.91. The van der Waals surface area contributed by atoms with Gasteiger partial charge in [-0.1, -0.05) is 42.3 Å². The van der Waals surface area contributed by atoms with Crippen LogP contribution in [0.4, 0.5) is 0 Å². The third-order valence-electron chi connectivity index (χ3n) is 6.26. The molecule has 3 rings (SSSR count). The average molecular weight is 475 g/mol. The number of carbonyl (C=O) groups excluding carboxylic acids is 1. The number of ether oxygens (including phenoxy) is 1. The summed E-state index contributed by atoms with van der Waals surface area (Å²) < 4.78 is 34.0. The molecule has 0 heterocycles. The largest absolute Gasteiger partial charge is 0.478 e. The number of benzene rings is 2. The summed E-state index contributed by atoms with van der Waals surface area (Å²) in [4.78, 5) is 24.6. The number of aliphatic carboxylic acids is 1. The van der Waals surface area contributed by atoms with Gasteiger partial charge >= 0.3 is 5.97 Å². The van der Waals surface area contributed by atoms with E-state index < -0.39 is 39.3 Å². The van der Waals surface area contributed by atoms with Gasteiger partial charge in [0.1, 0.15) is 5.75 Å². The molecule has 8 nitrogen and oxygen atoms in total.